The molecule has 2 saturated heterocycles. The van der Waals surface area contributed by atoms with Crippen LogP contribution in [0.2, 0.25) is 0 Å². The maximum atomic E-state index is 10.2. The molecule has 1 aromatic carbocycles. The Bertz CT molecular complexity index is 913. The van der Waals surface area contributed by atoms with Crippen LogP contribution in [0.3, 0.4) is 0 Å². The molecule has 26 heavy (non-hydrogen) atoms. The van der Waals surface area contributed by atoms with E-state index in [-0.39, 0.29) is 5.90 Å². The monoisotopic (exact) mass is 410 g/mol. The third kappa shape index (κ3) is 1.79. The maximum absolute atomic E-state index is 10.2. The number of nitrogens with one attached hydrogen (secondary N) is 1. The molecule has 7 heteroatoms. The number of rotatable bonds is 1. The SMILES string of the molecule is N#CC1(C#N)C(c2cccc(Br)c2)OC23CCCCC2C1(C#N)C(=N)O3. The minimum Gasteiger partial charge on any atom is -0.447 e. The van der Waals surface area contributed by atoms with E-state index in [0.717, 1.165) is 17.3 Å². The summed E-state index contributed by atoms with van der Waals surface area (Å²) in [6.45, 7) is 0. The van der Waals surface area contributed by atoms with Gasteiger partial charge in [-0.2, -0.15) is 15.8 Å². The molecular formula is C19H15BrN4O2. The lowest BCUT2D eigenvalue weighted by Crippen LogP contribution is -2.60. The van der Waals surface area contributed by atoms with Crippen LogP contribution < -0.4 is 0 Å². The lowest BCUT2D eigenvalue weighted by molar-refractivity contribution is -0.294. The second-order valence-electron chi connectivity index (χ2n) is 7.05. The standard InChI is InChI=1S/C19H15BrN4O2/c20-13-5-3-4-12(8-13)15-17(9-21,10-22)18(11-23)14-6-1-2-7-19(14,25-15)26-16(18)24/h3-5,8,14-15,24H,1-2,6-7H2. The predicted octanol–water partition coefficient (Wildman–Crippen LogP) is 3.96. The first kappa shape index (κ1) is 17.0. The van der Waals surface area contributed by atoms with Crippen molar-refractivity contribution >= 4 is 21.8 Å². The number of hydrogen-bond donors (Lipinski definition) is 1. The summed E-state index contributed by atoms with van der Waals surface area (Å²) in [7, 11) is 0. The van der Waals surface area contributed by atoms with Gasteiger partial charge in [-0.3, -0.25) is 5.41 Å². The Hall–Kier alpha value is -2.40. The Morgan fingerprint density at radius 3 is 2.58 bits per heavy atom. The first-order valence-electron chi connectivity index (χ1n) is 8.45. The van der Waals surface area contributed by atoms with Crippen LogP contribution in [-0.4, -0.2) is 11.7 Å². The molecule has 3 fully saturated rings. The summed E-state index contributed by atoms with van der Waals surface area (Å²) in [6.07, 6.45) is 1.85. The van der Waals surface area contributed by atoms with Gasteiger partial charge >= 0.3 is 0 Å². The maximum Gasteiger partial charge on any atom is 0.217 e. The van der Waals surface area contributed by atoms with Gasteiger partial charge in [0.15, 0.2) is 5.41 Å². The molecule has 0 amide bonds. The highest BCUT2D eigenvalue weighted by atomic mass is 79.9. The zero-order valence-electron chi connectivity index (χ0n) is 13.8. The molecule has 1 saturated carbocycles. The molecule has 130 valence electrons. The molecule has 4 atom stereocenters. The van der Waals surface area contributed by atoms with Gasteiger partial charge in [0.1, 0.15) is 6.10 Å². The second-order valence-corrected chi connectivity index (χ2v) is 7.96. The molecule has 4 unspecified atom stereocenters. The average molecular weight is 411 g/mol. The zero-order chi connectivity index (χ0) is 18.6. The van der Waals surface area contributed by atoms with E-state index in [4.69, 9.17) is 14.9 Å². The van der Waals surface area contributed by atoms with E-state index < -0.39 is 28.6 Å². The summed E-state index contributed by atoms with van der Waals surface area (Å²) in [5.74, 6) is -1.92. The highest BCUT2D eigenvalue weighted by molar-refractivity contribution is 9.10. The smallest absolute Gasteiger partial charge is 0.217 e. The van der Waals surface area contributed by atoms with Crippen molar-refractivity contribution in [3.05, 3.63) is 34.3 Å². The highest BCUT2D eigenvalue weighted by Gasteiger charge is 2.80. The van der Waals surface area contributed by atoms with Crippen molar-refractivity contribution in [2.75, 3.05) is 0 Å². The van der Waals surface area contributed by atoms with Crippen LogP contribution in [0.5, 0.6) is 0 Å². The van der Waals surface area contributed by atoms with Crippen molar-refractivity contribution in [3.63, 3.8) is 0 Å². The van der Waals surface area contributed by atoms with Crippen molar-refractivity contribution in [1.29, 1.82) is 21.2 Å². The van der Waals surface area contributed by atoms with Gasteiger partial charge in [-0.25, -0.2) is 0 Å². The van der Waals surface area contributed by atoms with Crippen LogP contribution in [0.25, 0.3) is 0 Å². The van der Waals surface area contributed by atoms with E-state index >= 15 is 0 Å². The molecule has 1 aliphatic carbocycles. The zero-order valence-corrected chi connectivity index (χ0v) is 15.4. The third-order valence-electron chi connectivity index (χ3n) is 5.97. The Morgan fingerprint density at radius 2 is 1.92 bits per heavy atom. The topological polar surface area (TPSA) is 114 Å². The molecule has 0 spiro atoms. The molecule has 1 N–H and O–H groups in total. The Kier molecular flexibility index (Phi) is 3.63. The fourth-order valence-corrected chi connectivity index (χ4v) is 5.25. The lowest BCUT2D eigenvalue weighted by atomic mass is 9.51. The van der Waals surface area contributed by atoms with Crippen molar-refractivity contribution in [1.82, 2.24) is 0 Å². The highest BCUT2D eigenvalue weighted by Crippen LogP contribution is 2.69. The summed E-state index contributed by atoms with van der Waals surface area (Å²) in [5, 5.41) is 38.8. The van der Waals surface area contributed by atoms with Crippen LogP contribution in [0, 0.1) is 56.2 Å². The number of ether oxygens (including phenoxy) is 2. The number of nitrogens with zero attached hydrogens (tertiary/aromatic N) is 3. The van der Waals surface area contributed by atoms with Crippen molar-refractivity contribution in [2.45, 2.75) is 37.6 Å². The van der Waals surface area contributed by atoms with Gasteiger partial charge < -0.3 is 9.47 Å². The molecule has 0 aromatic heterocycles. The molecule has 2 bridgehead atoms. The van der Waals surface area contributed by atoms with E-state index in [0.29, 0.717) is 18.4 Å². The molecular weight excluding hydrogens is 396 g/mol. The van der Waals surface area contributed by atoms with Gasteiger partial charge in [-0.15, -0.1) is 0 Å². The number of hydrogen-bond acceptors (Lipinski definition) is 6. The Morgan fingerprint density at radius 1 is 1.15 bits per heavy atom. The van der Waals surface area contributed by atoms with Crippen LogP contribution in [0.15, 0.2) is 28.7 Å². The predicted molar refractivity (Wildman–Crippen MR) is 93.2 cm³/mol. The first-order chi connectivity index (χ1) is 12.5. The fraction of sp³-hybridized carbons (Fsp3) is 0.474. The Balaban J connectivity index is 2.01. The largest absolute Gasteiger partial charge is 0.447 e. The molecule has 4 rings (SSSR count). The summed E-state index contributed by atoms with van der Waals surface area (Å²) in [4.78, 5) is 0. The lowest BCUT2D eigenvalue weighted by Gasteiger charge is -2.51. The van der Waals surface area contributed by atoms with E-state index in [1.807, 2.05) is 6.07 Å². The molecule has 2 heterocycles. The van der Waals surface area contributed by atoms with E-state index in [1.165, 1.54) is 0 Å². The number of benzene rings is 1. The molecule has 0 radical (unpaired) electrons. The van der Waals surface area contributed by atoms with Crippen molar-refractivity contribution in [3.8, 4) is 18.2 Å². The van der Waals surface area contributed by atoms with Gasteiger partial charge in [0.2, 0.25) is 17.1 Å². The third-order valence-corrected chi connectivity index (χ3v) is 6.46. The summed E-state index contributed by atoms with van der Waals surface area (Å²) < 4.78 is 12.9. The van der Waals surface area contributed by atoms with Crippen molar-refractivity contribution < 1.29 is 9.47 Å². The van der Waals surface area contributed by atoms with Crippen LogP contribution in [-0.2, 0) is 9.47 Å². The normalized spacial score (nSPS) is 36.8. The van der Waals surface area contributed by atoms with Gasteiger partial charge in [0.25, 0.3) is 0 Å². The minimum absolute atomic E-state index is 0.313. The van der Waals surface area contributed by atoms with Gasteiger partial charge in [-0.1, -0.05) is 34.5 Å². The summed E-state index contributed by atoms with van der Waals surface area (Å²) in [6, 6.07) is 13.5. The van der Waals surface area contributed by atoms with Gasteiger partial charge in [0.05, 0.1) is 24.1 Å². The second kappa shape index (κ2) is 5.55. The van der Waals surface area contributed by atoms with Gasteiger partial charge in [0, 0.05) is 10.9 Å². The number of nitriles is 3. The van der Waals surface area contributed by atoms with Crippen LogP contribution in [0.4, 0.5) is 0 Å². The minimum atomic E-state index is -1.86. The summed E-state index contributed by atoms with van der Waals surface area (Å²) >= 11 is 3.41. The van der Waals surface area contributed by atoms with Crippen LogP contribution in [0.1, 0.15) is 37.4 Å². The number of halogens is 1. The van der Waals surface area contributed by atoms with Gasteiger partial charge in [-0.05, 0) is 30.5 Å². The average Bonchev–Trinajstić information content (AvgIpc) is 2.86. The molecule has 1 aromatic rings. The van der Waals surface area contributed by atoms with Crippen LogP contribution >= 0.6 is 15.9 Å². The fourth-order valence-electron chi connectivity index (χ4n) is 4.83. The molecule has 3 aliphatic rings. The van der Waals surface area contributed by atoms with E-state index in [2.05, 4.69) is 34.1 Å². The molecule has 2 aliphatic heterocycles. The van der Waals surface area contributed by atoms with E-state index in [9.17, 15) is 15.8 Å². The summed E-state index contributed by atoms with van der Waals surface area (Å²) in [5.41, 5.74) is -2.88. The quantitative estimate of drug-likeness (QED) is 0.752. The van der Waals surface area contributed by atoms with E-state index in [1.54, 1.807) is 18.2 Å². The van der Waals surface area contributed by atoms with Crippen molar-refractivity contribution in [2.24, 2.45) is 16.7 Å². The molecule has 6 nitrogen and oxygen atoms in total. The Labute approximate surface area is 159 Å². The first-order valence-corrected chi connectivity index (χ1v) is 9.24.